The molecule has 0 bridgehead atoms. The minimum atomic E-state index is -0.0374. The molecule has 1 aliphatic rings. The zero-order valence-electron chi connectivity index (χ0n) is 15.8. The van der Waals surface area contributed by atoms with Gasteiger partial charge >= 0.3 is 0 Å². The molecule has 27 heavy (non-hydrogen) atoms. The molecule has 0 atom stereocenters. The Kier molecular flexibility index (Phi) is 4.65. The molecule has 2 aromatic heterocycles. The first-order valence-electron chi connectivity index (χ1n) is 9.34. The van der Waals surface area contributed by atoms with Gasteiger partial charge in [-0.1, -0.05) is 17.3 Å². The number of nitrogens with zero attached hydrogens (tertiary/aromatic N) is 5. The Morgan fingerprint density at radius 2 is 2.07 bits per heavy atom. The topological polar surface area (TPSA) is 89.1 Å². The van der Waals surface area contributed by atoms with Crippen LogP contribution in [-0.4, -0.2) is 43.9 Å². The third-order valence-electron chi connectivity index (χ3n) is 4.95. The van der Waals surface area contributed by atoms with Crippen LogP contribution in [0.4, 0.5) is 0 Å². The number of fused-ring (bicyclic) bond motifs is 1. The molecule has 1 aliphatic heterocycles. The Hall–Kier alpha value is -2.74. The molecule has 1 fully saturated rings. The van der Waals surface area contributed by atoms with Crippen LogP contribution in [0.2, 0.25) is 0 Å². The molecule has 1 N–H and O–H groups in total. The molecular weight excluding hydrogens is 344 g/mol. The highest BCUT2D eigenvalue weighted by Crippen LogP contribution is 2.29. The summed E-state index contributed by atoms with van der Waals surface area (Å²) in [5, 5.41) is 11.7. The van der Waals surface area contributed by atoms with Crippen LogP contribution in [0.5, 0.6) is 0 Å². The smallest absolute Gasteiger partial charge is 0.231 e. The van der Waals surface area contributed by atoms with Crippen molar-refractivity contribution in [2.24, 2.45) is 0 Å². The lowest BCUT2D eigenvalue weighted by atomic mass is 9.98. The second-order valence-electron chi connectivity index (χ2n) is 7.34. The third kappa shape index (κ3) is 3.57. The number of hydrazine groups is 1. The first kappa shape index (κ1) is 17.7. The van der Waals surface area contributed by atoms with Gasteiger partial charge in [0.25, 0.3) is 0 Å². The second kappa shape index (κ2) is 7.11. The number of carbonyl (C=O) groups is 1. The van der Waals surface area contributed by atoms with E-state index < -0.39 is 0 Å². The lowest BCUT2D eigenvalue weighted by Gasteiger charge is -2.29. The van der Waals surface area contributed by atoms with Crippen LogP contribution >= 0.6 is 0 Å². The fraction of sp³-hybridized carbons (Fsp3) is 0.474. The summed E-state index contributed by atoms with van der Waals surface area (Å²) in [4.78, 5) is 15.8. The van der Waals surface area contributed by atoms with Crippen molar-refractivity contribution in [3.8, 4) is 11.4 Å². The largest absolute Gasteiger partial charge is 0.339 e. The van der Waals surface area contributed by atoms with Gasteiger partial charge in [-0.2, -0.15) is 10.1 Å². The SMILES string of the molecule is CC(=O)NN1CCC(c2nc(-c3ccc4cnn(C(C)C)c4c3)no2)CC1. The first-order chi connectivity index (χ1) is 13.0. The van der Waals surface area contributed by atoms with Gasteiger partial charge in [-0.15, -0.1) is 0 Å². The van der Waals surface area contributed by atoms with Crippen molar-refractivity contribution in [1.82, 2.24) is 30.4 Å². The summed E-state index contributed by atoms with van der Waals surface area (Å²) < 4.78 is 7.55. The van der Waals surface area contributed by atoms with Gasteiger partial charge in [-0.05, 0) is 32.8 Å². The minimum absolute atomic E-state index is 0.0374. The van der Waals surface area contributed by atoms with Crippen LogP contribution in [0.15, 0.2) is 28.9 Å². The Balaban J connectivity index is 1.52. The maximum atomic E-state index is 11.2. The summed E-state index contributed by atoms with van der Waals surface area (Å²) in [5.74, 6) is 1.46. The number of amides is 1. The number of nitrogens with one attached hydrogen (secondary N) is 1. The lowest BCUT2D eigenvalue weighted by Crippen LogP contribution is -2.45. The van der Waals surface area contributed by atoms with Crippen LogP contribution in [0, 0.1) is 0 Å². The number of hydrogen-bond donors (Lipinski definition) is 1. The monoisotopic (exact) mass is 368 g/mol. The van der Waals surface area contributed by atoms with Gasteiger partial charge in [0.05, 0.1) is 11.7 Å². The Morgan fingerprint density at radius 1 is 1.30 bits per heavy atom. The second-order valence-corrected chi connectivity index (χ2v) is 7.34. The molecule has 3 aromatic rings. The highest BCUT2D eigenvalue weighted by Gasteiger charge is 2.26. The van der Waals surface area contributed by atoms with Crippen LogP contribution < -0.4 is 5.43 Å². The van der Waals surface area contributed by atoms with E-state index in [1.54, 1.807) is 0 Å². The van der Waals surface area contributed by atoms with Crippen molar-refractivity contribution in [1.29, 1.82) is 0 Å². The van der Waals surface area contributed by atoms with Gasteiger partial charge in [-0.25, -0.2) is 5.01 Å². The van der Waals surface area contributed by atoms with E-state index in [1.165, 1.54) is 6.92 Å². The number of benzene rings is 1. The molecule has 1 aromatic carbocycles. The standard InChI is InChI=1S/C19H24N6O2/c1-12(2)25-17-10-15(4-5-16(17)11-20-25)18-21-19(27-23-18)14-6-8-24(9-7-14)22-13(3)26/h4-5,10-12,14H,6-9H2,1-3H3,(H,22,26). The predicted octanol–water partition coefficient (Wildman–Crippen LogP) is 2.90. The van der Waals surface area contributed by atoms with Crippen LogP contribution in [0.25, 0.3) is 22.3 Å². The van der Waals surface area contributed by atoms with E-state index in [9.17, 15) is 4.79 Å². The van der Waals surface area contributed by atoms with Crippen molar-refractivity contribution >= 4 is 16.8 Å². The highest BCUT2D eigenvalue weighted by atomic mass is 16.5. The zero-order chi connectivity index (χ0) is 19.0. The normalized spacial score (nSPS) is 16.3. The maximum absolute atomic E-state index is 11.2. The maximum Gasteiger partial charge on any atom is 0.231 e. The molecule has 0 spiro atoms. The molecule has 0 radical (unpaired) electrons. The molecule has 1 amide bonds. The van der Waals surface area contributed by atoms with E-state index in [4.69, 9.17) is 4.52 Å². The molecule has 8 nitrogen and oxygen atoms in total. The van der Waals surface area contributed by atoms with Gasteiger partial charge < -0.3 is 4.52 Å². The fourth-order valence-corrected chi connectivity index (χ4v) is 3.57. The number of hydrogen-bond acceptors (Lipinski definition) is 6. The molecule has 4 rings (SSSR count). The average Bonchev–Trinajstić information content (AvgIpc) is 3.28. The summed E-state index contributed by atoms with van der Waals surface area (Å²) in [7, 11) is 0. The number of piperidine rings is 1. The van der Waals surface area contributed by atoms with E-state index in [0.717, 1.165) is 42.4 Å². The Morgan fingerprint density at radius 3 is 2.78 bits per heavy atom. The van der Waals surface area contributed by atoms with Gasteiger partial charge in [-0.3, -0.25) is 14.9 Å². The fourth-order valence-electron chi connectivity index (χ4n) is 3.57. The van der Waals surface area contributed by atoms with Crippen LogP contribution in [-0.2, 0) is 4.79 Å². The summed E-state index contributed by atoms with van der Waals surface area (Å²) in [6.07, 6.45) is 3.63. The average molecular weight is 368 g/mol. The Bertz CT molecular complexity index is 952. The van der Waals surface area contributed by atoms with E-state index in [0.29, 0.717) is 11.7 Å². The zero-order valence-corrected chi connectivity index (χ0v) is 15.8. The van der Waals surface area contributed by atoms with E-state index >= 15 is 0 Å². The van der Waals surface area contributed by atoms with Gasteiger partial charge in [0.1, 0.15) is 0 Å². The summed E-state index contributed by atoms with van der Waals surface area (Å²) in [6, 6.07) is 6.39. The highest BCUT2D eigenvalue weighted by molar-refractivity contribution is 5.83. The van der Waals surface area contributed by atoms with E-state index in [-0.39, 0.29) is 17.9 Å². The molecule has 1 saturated heterocycles. The van der Waals surface area contributed by atoms with Crippen molar-refractivity contribution in [2.45, 2.75) is 45.6 Å². The van der Waals surface area contributed by atoms with Gasteiger partial charge in [0.2, 0.25) is 17.6 Å². The summed E-state index contributed by atoms with van der Waals surface area (Å²) in [5.41, 5.74) is 4.83. The molecule has 0 aliphatic carbocycles. The first-order valence-corrected chi connectivity index (χ1v) is 9.34. The molecule has 0 saturated carbocycles. The molecule has 3 heterocycles. The third-order valence-corrected chi connectivity index (χ3v) is 4.95. The lowest BCUT2D eigenvalue weighted by molar-refractivity contribution is -0.124. The molecule has 142 valence electrons. The Labute approximate surface area is 157 Å². The number of aromatic nitrogens is 4. The van der Waals surface area contributed by atoms with E-state index in [1.807, 2.05) is 28.0 Å². The quantitative estimate of drug-likeness (QED) is 0.762. The van der Waals surface area contributed by atoms with E-state index in [2.05, 4.69) is 40.6 Å². The molecule has 8 heteroatoms. The van der Waals surface area contributed by atoms with Crippen molar-refractivity contribution in [2.75, 3.05) is 13.1 Å². The van der Waals surface area contributed by atoms with Crippen molar-refractivity contribution < 1.29 is 9.32 Å². The summed E-state index contributed by atoms with van der Waals surface area (Å²) >= 11 is 0. The predicted molar refractivity (Wildman–Crippen MR) is 101 cm³/mol. The molecule has 0 unspecified atom stereocenters. The van der Waals surface area contributed by atoms with Crippen LogP contribution in [0.1, 0.15) is 51.5 Å². The number of rotatable bonds is 4. The minimum Gasteiger partial charge on any atom is -0.339 e. The molecular formula is C19H24N6O2. The summed E-state index contributed by atoms with van der Waals surface area (Å²) in [6.45, 7) is 7.30. The van der Waals surface area contributed by atoms with Crippen LogP contribution in [0.3, 0.4) is 0 Å². The van der Waals surface area contributed by atoms with Crippen molar-refractivity contribution in [3.05, 3.63) is 30.3 Å². The van der Waals surface area contributed by atoms with Gasteiger partial charge in [0, 0.05) is 42.9 Å². The number of carbonyl (C=O) groups excluding carboxylic acids is 1. The van der Waals surface area contributed by atoms with Crippen molar-refractivity contribution in [3.63, 3.8) is 0 Å². The van der Waals surface area contributed by atoms with Gasteiger partial charge in [0.15, 0.2) is 0 Å².